The van der Waals surface area contributed by atoms with E-state index < -0.39 is 37.1 Å². The fourth-order valence-corrected chi connectivity index (χ4v) is 4.25. The Morgan fingerprint density at radius 2 is 1.00 bits per heavy atom. The third-order valence-corrected chi connectivity index (χ3v) is 15.7. The van der Waals surface area contributed by atoms with Crippen molar-refractivity contribution < 1.29 is 42.2 Å². The van der Waals surface area contributed by atoms with Gasteiger partial charge in [0.1, 0.15) is 0 Å². The van der Waals surface area contributed by atoms with Gasteiger partial charge in [0.2, 0.25) is 0 Å². The lowest BCUT2D eigenvalue weighted by Gasteiger charge is -2.36. The van der Waals surface area contributed by atoms with E-state index in [1.165, 1.54) is 0 Å². The summed E-state index contributed by atoms with van der Waals surface area (Å²) < 4.78 is 43.7. The first-order chi connectivity index (χ1) is 14.4. The SMILES string of the molecule is CC(C)(C)[Si](C)(C)OCC(O)COCO[PH](=O)OCOCC(O)CO[Si](C)(C)C(C)(C)C. The topological polar surface area (TPSA) is 113 Å². The van der Waals surface area contributed by atoms with Gasteiger partial charge in [-0.25, -0.2) is 0 Å². The summed E-state index contributed by atoms with van der Waals surface area (Å²) in [6.45, 7) is 21.0. The first-order valence-electron chi connectivity index (χ1n) is 11.0. The van der Waals surface area contributed by atoms with Gasteiger partial charge in [0, 0.05) is 0 Å². The molecular formula is C20H47O9PSi2. The Bertz CT molecular complexity index is 502. The summed E-state index contributed by atoms with van der Waals surface area (Å²) in [5.41, 5.74) is 0. The first kappa shape index (κ1) is 32.3. The van der Waals surface area contributed by atoms with Gasteiger partial charge in [0.15, 0.2) is 30.2 Å². The number of hydrogen-bond acceptors (Lipinski definition) is 9. The van der Waals surface area contributed by atoms with Crippen molar-refractivity contribution in [3.8, 4) is 0 Å². The van der Waals surface area contributed by atoms with E-state index >= 15 is 0 Å². The largest absolute Gasteiger partial charge is 0.414 e. The molecule has 2 atom stereocenters. The normalized spacial score (nSPS) is 16.8. The van der Waals surface area contributed by atoms with Crippen LogP contribution in [0.15, 0.2) is 0 Å². The monoisotopic (exact) mass is 518 g/mol. The van der Waals surface area contributed by atoms with Crippen molar-refractivity contribution in [3.63, 3.8) is 0 Å². The molecule has 0 aliphatic carbocycles. The van der Waals surface area contributed by atoms with Crippen LogP contribution in [0.3, 0.4) is 0 Å². The summed E-state index contributed by atoms with van der Waals surface area (Å²) in [5, 5.41) is 20.1. The lowest BCUT2D eigenvalue weighted by molar-refractivity contribution is -0.0617. The molecule has 0 aromatic rings. The van der Waals surface area contributed by atoms with E-state index in [0.717, 1.165) is 0 Å². The summed E-state index contributed by atoms with van der Waals surface area (Å²) in [7, 11) is -6.67. The van der Waals surface area contributed by atoms with Crippen LogP contribution < -0.4 is 0 Å². The molecular weight excluding hydrogens is 471 g/mol. The first-order valence-corrected chi connectivity index (χ1v) is 18.0. The molecule has 0 radical (unpaired) electrons. The molecule has 194 valence electrons. The van der Waals surface area contributed by atoms with Crippen molar-refractivity contribution in [1.29, 1.82) is 0 Å². The van der Waals surface area contributed by atoms with E-state index in [-0.39, 0.29) is 50.1 Å². The van der Waals surface area contributed by atoms with Gasteiger partial charge in [-0.2, -0.15) is 0 Å². The van der Waals surface area contributed by atoms with Crippen LogP contribution >= 0.6 is 8.25 Å². The highest BCUT2D eigenvalue weighted by molar-refractivity contribution is 7.33. The van der Waals surface area contributed by atoms with Gasteiger partial charge >= 0.3 is 8.25 Å². The van der Waals surface area contributed by atoms with Gasteiger partial charge in [-0.05, 0) is 36.3 Å². The summed E-state index contributed by atoms with van der Waals surface area (Å²) in [4.78, 5) is 0. The standard InChI is InChI=1S/C20H47O9PSi2/c1-19(2,3)31(7,8)28-13-17(21)11-24-15-26-30(23)27-16-25-12-18(22)14-29-32(9,10)20(4,5)6/h17-18,21-22,30H,11-16H2,1-10H3. The Kier molecular flexibility index (Phi) is 14.2. The number of rotatable bonds is 16. The van der Waals surface area contributed by atoms with Crippen molar-refractivity contribution in [1.82, 2.24) is 0 Å². The number of aliphatic hydroxyl groups excluding tert-OH is 2. The average molecular weight is 519 g/mol. The van der Waals surface area contributed by atoms with Gasteiger partial charge in [-0.3, -0.25) is 13.6 Å². The van der Waals surface area contributed by atoms with Gasteiger partial charge in [0.25, 0.3) is 0 Å². The van der Waals surface area contributed by atoms with E-state index in [2.05, 4.69) is 67.7 Å². The van der Waals surface area contributed by atoms with E-state index in [4.69, 9.17) is 27.4 Å². The maximum atomic E-state index is 11.7. The minimum absolute atomic E-state index is 0.000684. The van der Waals surface area contributed by atoms with Crippen molar-refractivity contribution in [2.45, 2.75) is 90.0 Å². The number of hydrogen-bond donors (Lipinski definition) is 2. The third kappa shape index (κ3) is 13.3. The summed E-state index contributed by atoms with van der Waals surface area (Å²) in [6, 6.07) is 0. The Balaban J connectivity index is 3.86. The third-order valence-electron chi connectivity index (χ3n) is 6.03. The Labute approximate surface area is 197 Å². The molecule has 0 aliphatic heterocycles. The second-order valence-electron chi connectivity index (χ2n) is 11.0. The van der Waals surface area contributed by atoms with Crippen LogP contribution in [0, 0.1) is 0 Å². The van der Waals surface area contributed by atoms with E-state index in [1.54, 1.807) is 0 Å². The van der Waals surface area contributed by atoms with Crippen LogP contribution in [-0.2, 0) is 31.9 Å². The second-order valence-corrected chi connectivity index (χ2v) is 21.7. The molecule has 9 nitrogen and oxygen atoms in total. The van der Waals surface area contributed by atoms with Gasteiger partial charge in [-0.1, -0.05) is 41.5 Å². The maximum absolute atomic E-state index is 11.7. The van der Waals surface area contributed by atoms with Crippen LogP contribution in [0.5, 0.6) is 0 Å². The minimum Gasteiger partial charge on any atom is -0.414 e. The number of aliphatic hydroxyl groups is 2. The lowest BCUT2D eigenvalue weighted by atomic mass is 10.2. The molecule has 0 bridgehead atoms. The zero-order chi connectivity index (χ0) is 25.2. The highest BCUT2D eigenvalue weighted by atomic mass is 31.1. The van der Waals surface area contributed by atoms with Crippen molar-refractivity contribution >= 4 is 24.9 Å². The van der Waals surface area contributed by atoms with Crippen molar-refractivity contribution in [2.75, 3.05) is 40.0 Å². The molecule has 0 aromatic carbocycles. The second kappa shape index (κ2) is 14.0. The average Bonchev–Trinajstić information content (AvgIpc) is 2.63. The minimum atomic E-state index is -2.81. The Morgan fingerprint density at radius 1 is 0.688 bits per heavy atom. The Hall–Kier alpha value is 0.344. The predicted octanol–water partition coefficient (Wildman–Crippen LogP) is 4.12. The van der Waals surface area contributed by atoms with Crippen LogP contribution in [0.4, 0.5) is 0 Å². The van der Waals surface area contributed by atoms with Gasteiger partial charge in [0.05, 0.1) is 38.6 Å². The summed E-state index contributed by atoms with van der Waals surface area (Å²) >= 11 is 0. The molecule has 0 heterocycles. The lowest BCUT2D eigenvalue weighted by Crippen LogP contribution is -2.43. The molecule has 0 saturated heterocycles. The molecule has 2 unspecified atom stereocenters. The summed E-state index contributed by atoms with van der Waals surface area (Å²) in [5.74, 6) is 0. The van der Waals surface area contributed by atoms with E-state index in [9.17, 15) is 14.8 Å². The molecule has 0 spiro atoms. The maximum Gasteiger partial charge on any atom is 0.323 e. The van der Waals surface area contributed by atoms with Gasteiger partial charge in [-0.15, -0.1) is 0 Å². The molecule has 0 aliphatic rings. The molecule has 0 rings (SSSR count). The number of ether oxygens (including phenoxy) is 2. The quantitative estimate of drug-likeness (QED) is 0.135. The van der Waals surface area contributed by atoms with Crippen LogP contribution in [0.25, 0.3) is 0 Å². The van der Waals surface area contributed by atoms with Crippen molar-refractivity contribution in [2.24, 2.45) is 0 Å². The highest BCUT2D eigenvalue weighted by Gasteiger charge is 2.38. The van der Waals surface area contributed by atoms with Crippen LogP contribution in [0.1, 0.15) is 41.5 Å². The zero-order valence-electron chi connectivity index (χ0n) is 21.6. The summed E-state index contributed by atoms with van der Waals surface area (Å²) in [6.07, 6.45) is -1.59. The van der Waals surface area contributed by atoms with Crippen LogP contribution in [0.2, 0.25) is 36.3 Å². The molecule has 0 amide bonds. The molecule has 12 heteroatoms. The molecule has 2 N–H and O–H groups in total. The zero-order valence-corrected chi connectivity index (χ0v) is 24.6. The predicted molar refractivity (Wildman–Crippen MR) is 131 cm³/mol. The Morgan fingerprint density at radius 3 is 1.28 bits per heavy atom. The molecule has 0 fully saturated rings. The van der Waals surface area contributed by atoms with E-state index in [0.29, 0.717) is 0 Å². The molecule has 0 aromatic heterocycles. The van der Waals surface area contributed by atoms with Crippen LogP contribution in [-0.4, -0.2) is 79.1 Å². The molecule has 32 heavy (non-hydrogen) atoms. The van der Waals surface area contributed by atoms with Crippen molar-refractivity contribution in [3.05, 3.63) is 0 Å². The fraction of sp³-hybridized carbons (Fsp3) is 1.00. The van der Waals surface area contributed by atoms with E-state index in [1.807, 2.05) is 0 Å². The molecule has 0 saturated carbocycles. The highest BCUT2D eigenvalue weighted by Crippen LogP contribution is 2.37. The smallest absolute Gasteiger partial charge is 0.323 e. The fourth-order valence-electron chi connectivity index (χ4n) is 1.73. The van der Waals surface area contributed by atoms with Gasteiger partial charge < -0.3 is 28.5 Å².